The summed E-state index contributed by atoms with van der Waals surface area (Å²) < 4.78 is 19.7. The van der Waals surface area contributed by atoms with E-state index in [1.54, 1.807) is 48.5 Å². The number of Topliss-reactive ketones (excluding diaryl/α,β-unsaturated/α-hetero) is 2. The minimum Gasteiger partial charge on any atom is -0.454 e. The Kier molecular flexibility index (Phi) is 3.65. The second-order valence-electron chi connectivity index (χ2n) is 5.81. The highest BCUT2D eigenvalue weighted by molar-refractivity contribution is 6.29. The number of ether oxygens (including phenoxy) is 1. The molecule has 1 aliphatic rings. The Bertz CT molecular complexity index is 944. The topological polar surface area (TPSA) is 43.4 Å². The fourth-order valence-electron chi connectivity index (χ4n) is 3.04. The molecule has 1 aliphatic carbocycles. The first kappa shape index (κ1) is 15.3. The van der Waals surface area contributed by atoms with Gasteiger partial charge >= 0.3 is 0 Å². The SMILES string of the molecule is O=C1c2ccccc2C(=O)C1c1ccc(F)c(Oc2ccccc2)c1. The van der Waals surface area contributed by atoms with E-state index in [9.17, 15) is 14.0 Å². The third-order valence-electron chi connectivity index (χ3n) is 4.24. The molecule has 0 fully saturated rings. The molecule has 3 aromatic rings. The summed E-state index contributed by atoms with van der Waals surface area (Å²) in [6.45, 7) is 0. The third-order valence-corrected chi connectivity index (χ3v) is 4.24. The number of carbonyl (C=O) groups is 2. The normalized spacial score (nSPS) is 13.8. The maximum atomic E-state index is 14.1. The van der Waals surface area contributed by atoms with Gasteiger partial charge < -0.3 is 4.74 Å². The average molecular weight is 332 g/mol. The molecule has 0 bridgehead atoms. The lowest BCUT2D eigenvalue weighted by Gasteiger charge is -2.11. The van der Waals surface area contributed by atoms with Gasteiger partial charge in [-0.3, -0.25) is 9.59 Å². The third kappa shape index (κ3) is 2.62. The van der Waals surface area contributed by atoms with Crippen LogP contribution in [0.3, 0.4) is 0 Å². The lowest BCUT2D eigenvalue weighted by Crippen LogP contribution is -2.13. The summed E-state index contributed by atoms with van der Waals surface area (Å²) in [5.41, 5.74) is 1.25. The molecule has 0 atom stereocenters. The van der Waals surface area contributed by atoms with Crippen LogP contribution in [0.2, 0.25) is 0 Å². The van der Waals surface area contributed by atoms with Crippen molar-refractivity contribution in [3.63, 3.8) is 0 Å². The monoisotopic (exact) mass is 332 g/mol. The molecular formula is C21H13FO3. The highest BCUT2D eigenvalue weighted by Gasteiger charge is 2.39. The van der Waals surface area contributed by atoms with Crippen LogP contribution >= 0.6 is 0 Å². The molecule has 0 amide bonds. The van der Waals surface area contributed by atoms with Gasteiger partial charge in [0.2, 0.25) is 0 Å². The predicted molar refractivity (Wildman–Crippen MR) is 90.8 cm³/mol. The highest BCUT2D eigenvalue weighted by atomic mass is 19.1. The molecule has 0 unspecified atom stereocenters. The van der Waals surface area contributed by atoms with Crippen molar-refractivity contribution < 1.29 is 18.7 Å². The average Bonchev–Trinajstić information content (AvgIpc) is 2.89. The number of benzene rings is 3. The van der Waals surface area contributed by atoms with Crippen molar-refractivity contribution in [2.45, 2.75) is 5.92 Å². The maximum absolute atomic E-state index is 14.1. The van der Waals surface area contributed by atoms with E-state index in [4.69, 9.17) is 4.74 Å². The van der Waals surface area contributed by atoms with Crippen molar-refractivity contribution in [1.29, 1.82) is 0 Å². The Morgan fingerprint density at radius 3 is 2.00 bits per heavy atom. The van der Waals surface area contributed by atoms with Gasteiger partial charge in [0.15, 0.2) is 23.1 Å². The smallest absolute Gasteiger partial charge is 0.178 e. The van der Waals surface area contributed by atoms with Gasteiger partial charge in [0.1, 0.15) is 11.7 Å². The molecule has 0 spiro atoms. The number of rotatable bonds is 3. The van der Waals surface area contributed by atoms with Gasteiger partial charge in [-0.15, -0.1) is 0 Å². The molecule has 0 heterocycles. The lowest BCUT2D eigenvalue weighted by atomic mass is 9.94. The predicted octanol–water partition coefficient (Wildman–Crippen LogP) is 4.78. The van der Waals surface area contributed by atoms with Crippen LogP contribution in [0.4, 0.5) is 4.39 Å². The van der Waals surface area contributed by atoms with Crippen LogP contribution in [-0.4, -0.2) is 11.6 Å². The van der Waals surface area contributed by atoms with Crippen LogP contribution in [-0.2, 0) is 0 Å². The summed E-state index contributed by atoms with van der Waals surface area (Å²) in [7, 11) is 0. The summed E-state index contributed by atoms with van der Waals surface area (Å²) in [5.74, 6) is -1.57. The first-order valence-corrected chi connectivity index (χ1v) is 7.85. The molecule has 0 aliphatic heterocycles. The van der Waals surface area contributed by atoms with Gasteiger partial charge in [-0.05, 0) is 29.8 Å². The maximum Gasteiger partial charge on any atom is 0.178 e. The number of halogens is 1. The zero-order valence-electron chi connectivity index (χ0n) is 13.1. The quantitative estimate of drug-likeness (QED) is 0.648. The molecule has 25 heavy (non-hydrogen) atoms. The molecule has 0 N–H and O–H groups in total. The molecule has 0 saturated heterocycles. The summed E-state index contributed by atoms with van der Waals surface area (Å²) >= 11 is 0. The van der Waals surface area contributed by atoms with E-state index in [1.807, 2.05) is 6.07 Å². The van der Waals surface area contributed by atoms with Crippen LogP contribution in [0, 0.1) is 5.82 Å². The minimum atomic E-state index is -0.948. The number of para-hydroxylation sites is 1. The van der Waals surface area contributed by atoms with E-state index >= 15 is 0 Å². The molecule has 3 aromatic carbocycles. The van der Waals surface area contributed by atoms with Crippen LogP contribution in [0.1, 0.15) is 32.2 Å². The van der Waals surface area contributed by atoms with Crippen LogP contribution < -0.4 is 4.74 Å². The molecule has 0 aromatic heterocycles. The second kappa shape index (κ2) is 5.98. The Balaban J connectivity index is 1.72. The molecule has 4 heteroatoms. The van der Waals surface area contributed by atoms with Gasteiger partial charge in [-0.25, -0.2) is 4.39 Å². The van der Waals surface area contributed by atoms with Crippen LogP contribution in [0.25, 0.3) is 0 Å². The van der Waals surface area contributed by atoms with Crippen molar-refractivity contribution in [1.82, 2.24) is 0 Å². The van der Waals surface area contributed by atoms with E-state index in [0.29, 0.717) is 22.4 Å². The van der Waals surface area contributed by atoms with E-state index < -0.39 is 11.7 Å². The summed E-state index contributed by atoms with van der Waals surface area (Å²) in [4.78, 5) is 25.2. The molecule has 4 rings (SSSR count). The molecular weight excluding hydrogens is 319 g/mol. The van der Waals surface area contributed by atoms with Crippen molar-refractivity contribution in [3.8, 4) is 11.5 Å². The Morgan fingerprint density at radius 2 is 1.36 bits per heavy atom. The largest absolute Gasteiger partial charge is 0.454 e. The molecule has 0 radical (unpaired) electrons. The number of carbonyl (C=O) groups excluding carboxylic acids is 2. The van der Waals surface area contributed by atoms with Crippen molar-refractivity contribution in [2.24, 2.45) is 0 Å². The fourth-order valence-corrected chi connectivity index (χ4v) is 3.04. The van der Waals surface area contributed by atoms with Gasteiger partial charge in [0.05, 0.1) is 0 Å². The number of hydrogen-bond acceptors (Lipinski definition) is 3. The van der Waals surface area contributed by atoms with Gasteiger partial charge in [-0.1, -0.05) is 48.5 Å². The lowest BCUT2D eigenvalue weighted by molar-refractivity contribution is 0.0890. The second-order valence-corrected chi connectivity index (χ2v) is 5.81. The zero-order chi connectivity index (χ0) is 17.4. The molecule has 122 valence electrons. The van der Waals surface area contributed by atoms with Crippen molar-refractivity contribution >= 4 is 11.6 Å². The Hall–Kier alpha value is -3.27. The Morgan fingerprint density at radius 1 is 0.760 bits per heavy atom. The zero-order valence-corrected chi connectivity index (χ0v) is 13.1. The van der Waals surface area contributed by atoms with E-state index in [1.165, 1.54) is 18.2 Å². The number of fused-ring (bicyclic) bond motifs is 1. The van der Waals surface area contributed by atoms with E-state index in [0.717, 1.165) is 0 Å². The van der Waals surface area contributed by atoms with Crippen molar-refractivity contribution in [2.75, 3.05) is 0 Å². The van der Waals surface area contributed by atoms with Crippen LogP contribution in [0.5, 0.6) is 11.5 Å². The minimum absolute atomic E-state index is 0.0137. The summed E-state index contributed by atoms with van der Waals surface area (Å²) in [5, 5.41) is 0. The van der Waals surface area contributed by atoms with E-state index in [2.05, 4.69) is 0 Å². The molecule has 3 nitrogen and oxygen atoms in total. The molecule has 0 saturated carbocycles. The van der Waals surface area contributed by atoms with Gasteiger partial charge in [0.25, 0.3) is 0 Å². The summed E-state index contributed by atoms with van der Waals surface area (Å²) in [6.07, 6.45) is 0. The van der Waals surface area contributed by atoms with Crippen LogP contribution in [0.15, 0.2) is 72.8 Å². The standard InChI is InChI=1S/C21H13FO3/c22-17-11-10-13(12-18(17)25-14-6-2-1-3-7-14)19-20(23)15-8-4-5-9-16(15)21(19)24/h1-12,19H. The highest BCUT2D eigenvalue weighted by Crippen LogP contribution is 2.36. The van der Waals surface area contributed by atoms with E-state index in [-0.39, 0.29) is 17.3 Å². The Labute approximate surface area is 143 Å². The van der Waals surface area contributed by atoms with Crippen molar-refractivity contribution in [3.05, 3.63) is 95.3 Å². The van der Waals surface area contributed by atoms with Gasteiger partial charge in [0, 0.05) is 11.1 Å². The number of ketones is 2. The number of hydrogen-bond donors (Lipinski definition) is 0. The first-order valence-electron chi connectivity index (χ1n) is 7.85. The summed E-state index contributed by atoms with van der Waals surface area (Å²) in [6, 6.07) is 19.6. The first-order chi connectivity index (χ1) is 12.1. The fraction of sp³-hybridized carbons (Fsp3) is 0.0476. The van der Waals surface area contributed by atoms with Gasteiger partial charge in [-0.2, -0.15) is 0 Å².